The van der Waals surface area contributed by atoms with E-state index >= 15 is 0 Å². The van der Waals surface area contributed by atoms with Gasteiger partial charge in [-0.1, -0.05) is 11.8 Å². The zero-order chi connectivity index (χ0) is 12.0. The minimum Gasteiger partial charge on any atom is -0.394 e. The molecule has 0 bridgehead atoms. The molecular weight excluding hydrogens is 230 g/mol. The van der Waals surface area contributed by atoms with Gasteiger partial charge < -0.3 is 10.0 Å². The number of carbonyl (C=O) groups is 1. The van der Waals surface area contributed by atoms with E-state index in [1.54, 1.807) is 19.0 Å². The summed E-state index contributed by atoms with van der Waals surface area (Å²) in [5.74, 6) is 0.705. The predicted octanol–water partition coefficient (Wildman–Crippen LogP) is -0.764. The van der Waals surface area contributed by atoms with E-state index in [-0.39, 0.29) is 12.5 Å². The van der Waals surface area contributed by atoms with Crippen LogP contribution in [0.5, 0.6) is 0 Å². The summed E-state index contributed by atoms with van der Waals surface area (Å²) in [6, 6.07) is 0. The van der Waals surface area contributed by atoms with Crippen LogP contribution in [0.4, 0.5) is 0 Å². The molecule has 1 amide bonds. The molecular formula is C8H15N5O2S. The minimum absolute atomic E-state index is 0.00473. The topological polar surface area (TPSA) is 84.1 Å². The Hall–Kier alpha value is -1.15. The van der Waals surface area contributed by atoms with Crippen LogP contribution in [0, 0.1) is 0 Å². The summed E-state index contributed by atoms with van der Waals surface area (Å²) in [4.78, 5) is 12.8. The number of aliphatic hydroxyl groups excluding tert-OH is 1. The average molecular weight is 245 g/mol. The first-order valence-corrected chi connectivity index (χ1v) is 5.83. The highest BCUT2D eigenvalue weighted by Crippen LogP contribution is 2.14. The third-order valence-electron chi connectivity index (χ3n) is 1.86. The molecule has 1 N–H and O–H groups in total. The van der Waals surface area contributed by atoms with Gasteiger partial charge >= 0.3 is 0 Å². The zero-order valence-corrected chi connectivity index (χ0v) is 10.1. The Bertz CT molecular complexity index is 341. The van der Waals surface area contributed by atoms with Crippen LogP contribution in [0.1, 0.15) is 6.42 Å². The van der Waals surface area contributed by atoms with Gasteiger partial charge in [0.05, 0.1) is 13.2 Å². The number of tetrazole rings is 1. The lowest BCUT2D eigenvalue weighted by Crippen LogP contribution is -2.21. The van der Waals surface area contributed by atoms with Crippen LogP contribution >= 0.6 is 11.8 Å². The number of hydrogen-bond donors (Lipinski definition) is 1. The maximum absolute atomic E-state index is 11.3. The lowest BCUT2D eigenvalue weighted by molar-refractivity contribution is -0.128. The van der Waals surface area contributed by atoms with Crippen LogP contribution in [0.25, 0.3) is 0 Å². The SMILES string of the molecule is CN(C)C(=O)CCSc1nnnn1CCO. The summed E-state index contributed by atoms with van der Waals surface area (Å²) in [5.41, 5.74) is 0. The van der Waals surface area contributed by atoms with Gasteiger partial charge in [0.15, 0.2) is 0 Å². The molecule has 0 fully saturated rings. The fourth-order valence-corrected chi connectivity index (χ4v) is 1.82. The van der Waals surface area contributed by atoms with Crippen molar-refractivity contribution in [3.8, 4) is 0 Å². The van der Waals surface area contributed by atoms with Crippen LogP contribution in [-0.4, -0.2) is 62.6 Å². The maximum atomic E-state index is 11.3. The molecule has 1 rings (SSSR count). The molecule has 0 radical (unpaired) electrons. The Labute approximate surface area is 97.8 Å². The maximum Gasteiger partial charge on any atom is 0.222 e. The van der Waals surface area contributed by atoms with E-state index in [0.29, 0.717) is 23.9 Å². The Morgan fingerprint density at radius 1 is 1.56 bits per heavy atom. The van der Waals surface area contributed by atoms with Crippen LogP contribution in [-0.2, 0) is 11.3 Å². The van der Waals surface area contributed by atoms with Gasteiger partial charge in [0.1, 0.15) is 0 Å². The molecule has 0 spiro atoms. The molecule has 90 valence electrons. The first kappa shape index (κ1) is 12.9. The molecule has 0 atom stereocenters. The van der Waals surface area contributed by atoms with Crippen molar-refractivity contribution in [1.29, 1.82) is 0 Å². The predicted molar refractivity (Wildman–Crippen MR) is 58.9 cm³/mol. The molecule has 16 heavy (non-hydrogen) atoms. The van der Waals surface area contributed by atoms with E-state index in [4.69, 9.17) is 5.11 Å². The Morgan fingerprint density at radius 3 is 2.94 bits per heavy atom. The van der Waals surface area contributed by atoms with Crippen molar-refractivity contribution < 1.29 is 9.90 Å². The molecule has 0 unspecified atom stereocenters. The number of nitrogens with zero attached hydrogens (tertiary/aromatic N) is 5. The van der Waals surface area contributed by atoms with Gasteiger partial charge in [-0.25, -0.2) is 4.68 Å². The van der Waals surface area contributed by atoms with Crippen LogP contribution < -0.4 is 0 Å². The normalized spacial score (nSPS) is 10.4. The van der Waals surface area contributed by atoms with Gasteiger partial charge in [-0.3, -0.25) is 4.79 Å². The highest BCUT2D eigenvalue weighted by atomic mass is 32.2. The van der Waals surface area contributed by atoms with Crippen molar-refractivity contribution in [3.63, 3.8) is 0 Å². The van der Waals surface area contributed by atoms with E-state index in [1.165, 1.54) is 16.4 Å². The number of aliphatic hydroxyl groups is 1. The van der Waals surface area contributed by atoms with Gasteiger partial charge in [0, 0.05) is 26.3 Å². The smallest absolute Gasteiger partial charge is 0.222 e. The van der Waals surface area contributed by atoms with Gasteiger partial charge in [-0.2, -0.15) is 0 Å². The fourth-order valence-electron chi connectivity index (χ4n) is 0.988. The number of carbonyl (C=O) groups excluding carboxylic acids is 1. The molecule has 0 aliphatic heterocycles. The monoisotopic (exact) mass is 245 g/mol. The Balaban J connectivity index is 2.37. The second kappa shape index (κ2) is 6.44. The third kappa shape index (κ3) is 3.78. The molecule has 1 aromatic rings. The first-order chi connectivity index (χ1) is 7.65. The molecule has 0 aliphatic carbocycles. The van der Waals surface area contributed by atoms with Crippen molar-refractivity contribution in [2.24, 2.45) is 0 Å². The summed E-state index contributed by atoms with van der Waals surface area (Å²) in [6.45, 7) is 0.367. The number of amides is 1. The number of hydrogen-bond acceptors (Lipinski definition) is 6. The standard InChI is InChI=1S/C8H15N5O2S/c1-12(2)7(15)3-6-16-8-9-10-11-13(8)4-5-14/h14H,3-6H2,1-2H3. The second-order valence-electron chi connectivity index (χ2n) is 3.29. The summed E-state index contributed by atoms with van der Waals surface area (Å²) in [6.07, 6.45) is 0.448. The van der Waals surface area contributed by atoms with Gasteiger partial charge in [0.25, 0.3) is 0 Å². The highest BCUT2D eigenvalue weighted by Gasteiger charge is 2.08. The van der Waals surface area contributed by atoms with Crippen molar-refractivity contribution in [1.82, 2.24) is 25.1 Å². The van der Waals surface area contributed by atoms with Gasteiger partial charge in [-0.05, 0) is 10.4 Å². The molecule has 0 saturated heterocycles. The van der Waals surface area contributed by atoms with E-state index < -0.39 is 0 Å². The van der Waals surface area contributed by atoms with E-state index in [9.17, 15) is 4.79 Å². The summed E-state index contributed by atoms with van der Waals surface area (Å²) in [7, 11) is 3.45. The third-order valence-corrected chi connectivity index (χ3v) is 2.82. The molecule has 0 aliphatic rings. The zero-order valence-electron chi connectivity index (χ0n) is 9.33. The Morgan fingerprint density at radius 2 is 2.31 bits per heavy atom. The molecule has 7 nitrogen and oxygen atoms in total. The van der Waals surface area contributed by atoms with Crippen LogP contribution in [0.15, 0.2) is 5.16 Å². The van der Waals surface area contributed by atoms with Crippen molar-refractivity contribution in [2.45, 2.75) is 18.1 Å². The fraction of sp³-hybridized carbons (Fsp3) is 0.750. The number of thioether (sulfide) groups is 1. The lowest BCUT2D eigenvalue weighted by atomic mass is 10.4. The van der Waals surface area contributed by atoms with Crippen LogP contribution in [0.3, 0.4) is 0 Å². The van der Waals surface area contributed by atoms with Gasteiger partial charge in [-0.15, -0.1) is 5.10 Å². The van der Waals surface area contributed by atoms with Crippen molar-refractivity contribution in [3.05, 3.63) is 0 Å². The minimum atomic E-state index is -0.00473. The highest BCUT2D eigenvalue weighted by molar-refractivity contribution is 7.99. The molecule has 8 heteroatoms. The summed E-state index contributed by atoms with van der Waals surface area (Å²) >= 11 is 1.41. The molecule has 0 saturated carbocycles. The van der Waals surface area contributed by atoms with E-state index in [1.807, 2.05) is 0 Å². The Kier molecular flexibility index (Phi) is 5.20. The summed E-state index contributed by atoms with van der Waals surface area (Å²) in [5, 5.41) is 20.4. The van der Waals surface area contributed by atoms with Crippen molar-refractivity contribution >= 4 is 17.7 Å². The van der Waals surface area contributed by atoms with Gasteiger partial charge in [0.2, 0.25) is 11.1 Å². The number of rotatable bonds is 6. The lowest BCUT2D eigenvalue weighted by Gasteiger charge is -2.09. The average Bonchev–Trinajstić information content (AvgIpc) is 2.66. The number of aromatic nitrogens is 4. The molecule has 1 aromatic heterocycles. The molecule has 0 aromatic carbocycles. The van der Waals surface area contributed by atoms with E-state index in [2.05, 4.69) is 15.5 Å². The quantitative estimate of drug-likeness (QED) is 0.663. The summed E-state index contributed by atoms with van der Waals surface area (Å²) < 4.78 is 1.52. The van der Waals surface area contributed by atoms with Crippen LogP contribution in [0.2, 0.25) is 0 Å². The second-order valence-corrected chi connectivity index (χ2v) is 4.36. The first-order valence-electron chi connectivity index (χ1n) is 4.85. The largest absolute Gasteiger partial charge is 0.394 e. The molecule has 1 heterocycles. The van der Waals surface area contributed by atoms with E-state index in [0.717, 1.165) is 0 Å². The van der Waals surface area contributed by atoms with Crippen molar-refractivity contribution in [2.75, 3.05) is 26.5 Å².